The minimum absolute atomic E-state index is 0.107. The van der Waals surface area contributed by atoms with Crippen LogP contribution in [-0.2, 0) is 5.54 Å². The van der Waals surface area contributed by atoms with E-state index in [1.165, 1.54) is 16.9 Å². The van der Waals surface area contributed by atoms with Gasteiger partial charge >= 0.3 is 0 Å². The molecule has 0 aromatic carbocycles. The average molecular weight is 258 g/mol. The fourth-order valence-corrected chi connectivity index (χ4v) is 1.79. The normalized spacial score (nSPS) is 12.2. The van der Waals surface area contributed by atoms with E-state index < -0.39 is 0 Å². The lowest BCUT2D eigenvalue weighted by atomic mass is 10.1. The largest absolute Gasteiger partial charge is 0.278 e. The third kappa shape index (κ3) is 1.92. The molecule has 7 nitrogen and oxygen atoms in total. The van der Waals surface area contributed by atoms with Crippen molar-refractivity contribution in [3.8, 4) is 11.3 Å². The quantitative estimate of drug-likeness (QED) is 0.707. The molecular weight excluding hydrogens is 244 g/mol. The summed E-state index contributed by atoms with van der Waals surface area (Å²) in [4.78, 5) is 20.2. The summed E-state index contributed by atoms with van der Waals surface area (Å²) < 4.78 is 3.13. The molecule has 0 atom stereocenters. The zero-order valence-electron chi connectivity index (χ0n) is 11.0. The van der Waals surface area contributed by atoms with Gasteiger partial charge in [0.2, 0.25) is 0 Å². The van der Waals surface area contributed by atoms with Crippen LogP contribution >= 0.6 is 0 Å². The van der Waals surface area contributed by atoms with Crippen molar-refractivity contribution in [2.24, 2.45) is 0 Å². The Hall–Kier alpha value is -2.44. The van der Waals surface area contributed by atoms with Gasteiger partial charge in [0.25, 0.3) is 11.3 Å². The van der Waals surface area contributed by atoms with Crippen LogP contribution in [0, 0.1) is 0 Å². The third-order valence-electron chi connectivity index (χ3n) is 2.83. The molecule has 0 aliphatic heterocycles. The molecule has 0 saturated heterocycles. The van der Waals surface area contributed by atoms with Crippen LogP contribution in [0.15, 0.2) is 29.6 Å². The molecule has 3 aromatic rings. The van der Waals surface area contributed by atoms with Crippen molar-refractivity contribution in [3.63, 3.8) is 0 Å². The van der Waals surface area contributed by atoms with Gasteiger partial charge in [0.15, 0.2) is 0 Å². The average Bonchev–Trinajstić information content (AvgIpc) is 2.96. The molecule has 0 aliphatic carbocycles. The van der Waals surface area contributed by atoms with E-state index in [0.717, 1.165) is 5.56 Å². The minimum atomic E-state index is -0.194. The topological polar surface area (TPSA) is 80.9 Å². The van der Waals surface area contributed by atoms with Crippen molar-refractivity contribution >= 4 is 5.78 Å². The summed E-state index contributed by atoms with van der Waals surface area (Å²) in [5.74, 6) is 0.353. The number of hydrogen-bond acceptors (Lipinski definition) is 4. The standard InChI is InChI=1S/C12H14N6O/c1-12(2,3)17-6-8(5-14-17)9-4-10(19)18-11(16-9)13-7-15-18/h4-7H,1-3H3,(H,13,15,16). The number of H-pyrrole nitrogens is 1. The predicted molar refractivity (Wildman–Crippen MR) is 69.8 cm³/mol. The first-order valence-electron chi connectivity index (χ1n) is 5.94. The molecule has 0 amide bonds. The zero-order valence-corrected chi connectivity index (χ0v) is 11.0. The highest BCUT2D eigenvalue weighted by Gasteiger charge is 2.15. The Morgan fingerprint density at radius 2 is 2.11 bits per heavy atom. The number of fused-ring (bicyclic) bond motifs is 1. The molecule has 98 valence electrons. The summed E-state index contributed by atoms with van der Waals surface area (Å²) in [5, 5.41) is 7.01. The molecule has 0 radical (unpaired) electrons. The highest BCUT2D eigenvalue weighted by molar-refractivity contribution is 5.58. The van der Waals surface area contributed by atoms with E-state index >= 15 is 0 Å². The second-order valence-corrected chi connectivity index (χ2v) is 5.35. The highest BCUT2D eigenvalue weighted by atomic mass is 16.1. The van der Waals surface area contributed by atoms with Crippen LogP contribution in [-0.4, -0.2) is 29.4 Å². The van der Waals surface area contributed by atoms with Crippen LogP contribution in [0.5, 0.6) is 0 Å². The second-order valence-electron chi connectivity index (χ2n) is 5.35. The molecule has 0 fully saturated rings. The number of hydrogen-bond donors (Lipinski definition) is 1. The van der Waals surface area contributed by atoms with Crippen molar-refractivity contribution in [2.45, 2.75) is 26.3 Å². The Morgan fingerprint density at radius 3 is 2.79 bits per heavy atom. The van der Waals surface area contributed by atoms with Crippen LogP contribution < -0.4 is 5.56 Å². The fraction of sp³-hybridized carbons (Fsp3) is 0.333. The van der Waals surface area contributed by atoms with E-state index in [4.69, 9.17) is 0 Å². The lowest BCUT2D eigenvalue weighted by Crippen LogP contribution is -2.21. The molecule has 3 aromatic heterocycles. The number of nitrogens with zero attached hydrogens (tertiary/aromatic N) is 5. The van der Waals surface area contributed by atoms with E-state index in [0.29, 0.717) is 11.5 Å². The Labute approximate surface area is 108 Å². The van der Waals surface area contributed by atoms with Gasteiger partial charge in [-0.2, -0.15) is 9.61 Å². The van der Waals surface area contributed by atoms with E-state index in [-0.39, 0.29) is 11.1 Å². The molecule has 7 heteroatoms. The molecule has 0 saturated carbocycles. The van der Waals surface area contributed by atoms with E-state index in [1.807, 2.05) is 10.9 Å². The van der Waals surface area contributed by atoms with Crippen molar-refractivity contribution in [1.29, 1.82) is 0 Å². The Bertz CT molecular complexity index is 788. The van der Waals surface area contributed by atoms with Crippen LogP contribution in [0.1, 0.15) is 20.8 Å². The summed E-state index contributed by atoms with van der Waals surface area (Å²) >= 11 is 0. The van der Waals surface area contributed by atoms with E-state index in [1.54, 1.807) is 6.20 Å². The molecule has 3 heterocycles. The van der Waals surface area contributed by atoms with E-state index in [9.17, 15) is 4.79 Å². The molecule has 19 heavy (non-hydrogen) atoms. The van der Waals surface area contributed by atoms with Crippen LogP contribution in [0.4, 0.5) is 0 Å². The minimum Gasteiger partial charge on any atom is -0.278 e. The van der Waals surface area contributed by atoms with Gasteiger partial charge in [-0.3, -0.25) is 14.6 Å². The SMILES string of the molecule is CC(C)(C)n1cc(-c2cc(=O)n3[nH]cnc3n2)cn1. The fourth-order valence-electron chi connectivity index (χ4n) is 1.79. The first kappa shape index (κ1) is 11.6. The first-order valence-corrected chi connectivity index (χ1v) is 5.94. The van der Waals surface area contributed by atoms with Crippen molar-refractivity contribution < 1.29 is 0 Å². The number of aromatic nitrogens is 6. The molecule has 1 N–H and O–H groups in total. The maximum atomic E-state index is 11.9. The van der Waals surface area contributed by atoms with Gasteiger partial charge in [-0.05, 0) is 20.8 Å². The molecular formula is C12H14N6O. The summed E-state index contributed by atoms with van der Waals surface area (Å²) in [6, 6.07) is 1.47. The van der Waals surface area contributed by atoms with Crippen molar-refractivity contribution in [2.75, 3.05) is 0 Å². The Kier molecular flexibility index (Phi) is 2.31. The molecule has 0 aliphatic rings. The Morgan fingerprint density at radius 1 is 1.32 bits per heavy atom. The van der Waals surface area contributed by atoms with Gasteiger partial charge < -0.3 is 0 Å². The van der Waals surface area contributed by atoms with Crippen molar-refractivity contribution in [1.82, 2.24) is 29.4 Å². The predicted octanol–water partition coefficient (Wildman–Crippen LogP) is 1.04. The summed E-state index contributed by atoms with van der Waals surface area (Å²) in [6.07, 6.45) is 5.02. The molecule has 3 rings (SSSR count). The summed E-state index contributed by atoms with van der Waals surface area (Å²) in [7, 11) is 0. The maximum absolute atomic E-state index is 11.9. The smallest absolute Gasteiger partial charge is 0.274 e. The molecule has 0 spiro atoms. The molecule has 0 unspecified atom stereocenters. The van der Waals surface area contributed by atoms with Crippen LogP contribution in [0.3, 0.4) is 0 Å². The van der Waals surface area contributed by atoms with Crippen molar-refractivity contribution in [3.05, 3.63) is 35.1 Å². The third-order valence-corrected chi connectivity index (χ3v) is 2.83. The Balaban J connectivity index is 2.14. The van der Waals surface area contributed by atoms with Gasteiger partial charge in [0, 0.05) is 17.8 Å². The van der Waals surface area contributed by atoms with E-state index in [2.05, 4.69) is 40.9 Å². The lowest BCUT2D eigenvalue weighted by Gasteiger charge is -2.18. The molecule has 0 bridgehead atoms. The number of nitrogens with one attached hydrogen (secondary N) is 1. The second kappa shape index (κ2) is 3.78. The van der Waals surface area contributed by atoms with Crippen LogP contribution in [0.2, 0.25) is 0 Å². The van der Waals surface area contributed by atoms with Gasteiger partial charge in [-0.1, -0.05) is 0 Å². The van der Waals surface area contributed by atoms with Gasteiger partial charge in [0.05, 0.1) is 17.4 Å². The van der Waals surface area contributed by atoms with Gasteiger partial charge in [-0.15, -0.1) is 0 Å². The van der Waals surface area contributed by atoms with Gasteiger partial charge in [0.1, 0.15) is 6.33 Å². The lowest BCUT2D eigenvalue weighted by molar-refractivity contribution is 0.355. The highest BCUT2D eigenvalue weighted by Crippen LogP contribution is 2.19. The number of aromatic amines is 1. The van der Waals surface area contributed by atoms with Crippen LogP contribution in [0.25, 0.3) is 17.0 Å². The maximum Gasteiger partial charge on any atom is 0.274 e. The number of rotatable bonds is 1. The monoisotopic (exact) mass is 258 g/mol. The summed E-state index contributed by atoms with van der Waals surface area (Å²) in [6.45, 7) is 6.18. The zero-order chi connectivity index (χ0) is 13.6. The first-order chi connectivity index (χ1) is 8.95. The summed E-state index contributed by atoms with van der Waals surface area (Å²) in [5.41, 5.74) is 1.08. The van der Waals surface area contributed by atoms with Gasteiger partial charge in [-0.25, -0.2) is 9.97 Å².